The van der Waals surface area contributed by atoms with Crippen molar-refractivity contribution in [3.8, 4) is 16.3 Å². The largest absolute Gasteiger partial charge is 0.484 e. The molecule has 0 bridgehead atoms. The lowest BCUT2D eigenvalue weighted by atomic mass is 10.1. The van der Waals surface area contributed by atoms with E-state index in [1.807, 2.05) is 31.4 Å². The standard InChI is InChI=1S/C21H22N2O2S/c1-14-4-6-17(7-5-14)21-23-18(13-26-21)11-22-20(24)12-25-19-9-15(2)8-16(3)10-19/h4-10,13H,11-12H2,1-3H3,(H,22,24). The van der Waals surface area contributed by atoms with Crippen LogP contribution in [0.5, 0.6) is 5.75 Å². The zero-order valence-corrected chi connectivity index (χ0v) is 16.0. The Kier molecular flexibility index (Phi) is 5.68. The molecule has 0 spiro atoms. The number of hydrogen-bond acceptors (Lipinski definition) is 4. The van der Waals surface area contributed by atoms with Crippen molar-refractivity contribution in [3.05, 3.63) is 70.2 Å². The molecule has 134 valence electrons. The molecular weight excluding hydrogens is 344 g/mol. The maximum absolute atomic E-state index is 12.0. The zero-order chi connectivity index (χ0) is 18.5. The lowest BCUT2D eigenvalue weighted by molar-refractivity contribution is -0.123. The lowest BCUT2D eigenvalue weighted by Gasteiger charge is -2.08. The van der Waals surface area contributed by atoms with Crippen LogP contribution in [0.3, 0.4) is 0 Å². The van der Waals surface area contributed by atoms with Gasteiger partial charge in [-0.05, 0) is 44.0 Å². The summed E-state index contributed by atoms with van der Waals surface area (Å²) in [6.45, 7) is 6.48. The zero-order valence-electron chi connectivity index (χ0n) is 15.2. The van der Waals surface area contributed by atoms with Gasteiger partial charge in [-0.25, -0.2) is 4.98 Å². The van der Waals surface area contributed by atoms with E-state index >= 15 is 0 Å². The molecule has 0 saturated heterocycles. The number of thiazole rings is 1. The molecule has 0 unspecified atom stereocenters. The van der Waals surface area contributed by atoms with Crippen molar-refractivity contribution in [1.82, 2.24) is 10.3 Å². The first kappa shape index (κ1) is 18.1. The van der Waals surface area contributed by atoms with Crippen LogP contribution < -0.4 is 10.1 Å². The van der Waals surface area contributed by atoms with Gasteiger partial charge < -0.3 is 10.1 Å². The summed E-state index contributed by atoms with van der Waals surface area (Å²) < 4.78 is 5.57. The van der Waals surface area contributed by atoms with Gasteiger partial charge in [-0.1, -0.05) is 35.9 Å². The molecule has 0 fully saturated rings. The van der Waals surface area contributed by atoms with Gasteiger partial charge in [0.25, 0.3) is 5.91 Å². The molecule has 26 heavy (non-hydrogen) atoms. The number of aryl methyl sites for hydroxylation is 3. The van der Waals surface area contributed by atoms with Crippen molar-refractivity contribution in [2.24, 2.45) is 0 Å². The molecule has 0 aliphatic carbocycles. The van der Waals surface area contributed by atoms with E-state index in [1.54, 1.807) is 11.3 Å². The molecular formula is C21H22N2O2S. The second-order valence-corrected chi connectivity index (χ2v) is 7.26. The molecule has 2 aromatic carbocycles. The summed E-state index contributed by atoms with van der Waals surface area (Å²) in [5, 5.41) is 5.78. The van der Waals surface area contributed by atoms with E-state index < -0.39 is 0 Å². The summed E-state index contributed by atoms with van der Waals surface area (Å²) >= 11 is 1.58. The number of nitrogens with zero attached hydrogens (tertiary/aromatic N) is 1. The van der Waals surface area contributed by atoms with E-state index in [0.29, 0.717) is 12.3 Å². The normalized spacial score (nSPS) is 10.6. The van der Waals surface area contributed by atoms with Crippen LogP contribution in [-0.4, -0.2) is 17.5 Å². The number of benzene rings is 2. The molecule has 1 amide bonds. The van der Waals surface area contributed by atoms with Crippen molar-refractivity contribution >= 4 is 17.2 Å². The maximum atomic E-state index is 12.0. The predicted octanol–water partition coefficient (Wildman–Crippen LogP) is 4.43. The van der Waals surface area contributed by atoms with Crippen molar-refractivity contribution in [3.63, 3.8) is 0 Å². The van der Waals surface area contributed by atoms with Crippen LogP contribution in [0.15, 0.2) is 47.8 Å². The lowest BCUT2D eigenvalue weighted by Crippen LogP contribution is -2.28. The fraction of sp³-hybridized carbons (Fsp3) is 0.238. The van der Waals surface area contributed by atoms with Gasteiger partial charge in [0, 0.05) is 10.9 Å². The van der Waals surface area contributed by atoms with Crippen molar-refractivity contribution in [2.45, 2.75) is 27.3 Å². The number of carbonyl (C=O) groups is 1. The van der Waals surface area contributed by atoms with Crippen LogP contribution in [0, 0.1) is 20.8 Å². The van der Waals surface area contributed by atoms with Gasteiger partial charge in [-0.3, -0.25) is 4.79 Å². The Bertz CT molecular complexity index is 880. The predicted molar refractivity (Wildman–Crippen MR) is 106 cm³/mol. The Balaban J connectivity index is 1.51. The number of hydrogen-bond donors (Lipinski definition) is 1. The number of aromatic nitrogens is 1. The van der Waals surface area contributed by atoms with Crippen molar-refractivity contribution < 1.29 is 9.53 Å². The third-order valence-corrected chi connectivity index (χ3v) is 4.82. The second-order valence-electron chi connectivity index (χ2n) is 6.40. The Morgan fingerprint density at radius 3 is 2.42 bits per heavy atom. The molecule has 1 heterocycles. The first-order chi connectivity index (χ1) is 12.5. The monoisotopic (exact) mass is 366 g/mol. The third kappa shape index (κ3) is 4.92. The fourth-order valence-electron chi connectivity index (χ4n) is 2.62. The van der Waals surface area contributed by atoms with Gasteiger partial charge in [-0.15, -0.1) is 11.3 Å². The Morgan fingerprint density at radius 1 is 1.04 bits per heavy atom. The number of rotatable bonds is 6. The number of amides is 1. The maximum Gasteiger partial charge on any atom is 0.258 e. The summed E-state index contributed by atoms with van der Waals surface area (Å²) in [4.78, 5) is 16.6. The van der Waals surface area contributed by atoms with Gasteiger partial charge in [0.05, 0.1) is 12.2 Å². The highest BCUT2D eigenvalue weighted by Crippen LogP contribution is 2.24. The molecule has 0 aliphatic heterocycles. The smallest absolute Gasteiger partial charge is 0.258 e. The molecule has 4 nitrogen and oxygen atoms in total. The average Bonchev–Trinajstić information content (AvgIpc) is 3.07. The summed E-state index contributed by atoms with van der Waals surface area (Å²) in [6, 6.07) is 14.2. The summed E-state index contributed by atoms with van der Waals surface area (Å²) in [5.41, 5.74) is 5.40. The molecule has 5 heteroatoms. The highest BCUT2D eigenvalue weighted by atomic mass is 32.1. The summed E-state index contributed by atoms with van der Waals surface area (Å²) in [5.74, 6) is 0.557. The molecule has 0 saturated carbocycles. The SMILES string of the molecule is Cc1ccc(-c2nc(CNC(=O)COc3cc(C)cc(C)c3)cs2)cc1. The van der Waals surface area contributed by atoms with Crippen LogP contribution in [0.1, 0.15) is 22.4 Å². The van der Waals surface area contributed by atoms with Crippen molar-refractivity contribution in [2.75, 3.05) is 6.61 Å². The van der Waals surface area contributed by atoms with Crippen LogP contribution in [0.25, 0.3) is 10.6 Å². The van der Waals surface area contributed by atoms with Crippen LogP contribution >= 0.6 is 11.3 Å². The van der Waals surface area contributed by atoms with Crippen molar-refractivity contribution in [1.29, 1.82) is 0 Å². The third-order valence-electron chi connectivity index (χ3n) is 3.88. The van der Waals surface area contributed by atoms with E-state index in [9.17, 15) is 4.79 Å². The number of nitrogens with one attached hydrogen (secondary N) is 1. The number of carbonyl (C=O) groups excluding carboxylic acids is 1. The molecule has 0 radical (unpaired) electrons. The second kappa shape index (κ2) is 8.15. The van der Waals surface area contributed by atoms with E-state index in [1.165, 1.54) is 5.56 Å². The van der Waals surface area contributed by atoms with Crippen LogP contribution in [-0.2, 0) is 11.3 Å². The molecule has 3 aromatic rings. The Morgan fingerprint density at radius 2 is 1.73 bits per heavy atom. The quantitative estimate of drug-likeness (QED) is 0.702. The molecule has 1 N–H and O–H groups in total. The van der Waals surface area contributed by atoms with E-state index in [4.69, 9.17) is 4.74 Å². The summed E-state index contributed by atoms with van der Waals surface area (Å²) in [6.07, 6.45) is 0. The van der Waals surface area contributed by atoms with Gasteiger partial charge >= 0.3 is 0 Å². The van der Waals surface area contributed by atoms with Crippen LogP contribution in [0.4, 0.5) is 0 Å². The minimum atomic E-state index is -0.158. The van der Waals surface area contributed by atoms with E-state index in [2.05, 4.69) is 47.6 Å². The van der Waals surface area contributed by atoms with Gasteiger partial charge in [0.2, 0.25) is 0 Å². The van der Waals surface area contributed by atoms with Gasteiger partial charge in [-0.2, -0.15) is 0 Å². The minimum Gasteiger partial charge on any atom is -0.484 e. The first-order valence-electron chi connectivity index (χ1n) is 8.49. The number of ether oxygens (including phenoxy) is 1. The Labute approximate surface area is 157 Å². The Hall–Kier alpha value is -2.66. The van der Waals surface area contributed by atoms with Gasteiger partial charge in [0.1, 0.15) is 10.8 Å². The average molecular weight is 366 g/mol. The van der Waals surface area contributed by atoms with Gasteiger partial charge in [0.15, 0.2) is 6.61 Å². The first-order valence-corrected chi connectivity index (χ1v) is 9.37. The molecule has 1 aromatic heterocycles. The molecule has 0 atom stereocenters. The molecule has 3 rings (SSSR count). The van der Waals surface area contributed by atoms with Crippen LogP contribution in [0.2, 0.25) is 0 Å². The highest BCUT2D eigenvalue weighted by molar-refractivity contribution is 7.13. The van der Waals surface area contributed by atoms with E-state index in [0.717, 1.165) is 27.4 Å². The summed E-state index contributed by atoms with van der Waals surface area (Å²) in [7, 11) is 0. The minimum absolute atomic E-state index is 0.00213. The molecule has 0 aliphatic rings. The topological polar surface area (TPSA) is 51.2 Å². The fourth-order valence-corrected chi connectivity index (χ4v) is 3.45. The van der Waals surface area contributed by atoms with E-state index in [-0.39, 0.29) is 12.5 Å². The highest BCUT2D eigenvalue weighted by Gasteiger charge is 2.07.